The smallest absolute Gasteiger partial charge is 0.222 e. The fraction of sp³-hybridized carbons (Fsp3) is 0.800. The van der Waals surface area contributed by atoms with Crippen LogP contribution in [0, 0.1) is 0 Å². The number of carbonyl (C=O) groups is 1. The topological polar surface area (TPSA) is 32.3 Å². The molecule has 0 bridgehead atoms. The maximum absolute atomic E-state index is 11.9. The van der Waals surface area contributed by atoms with Crippen LogP contribution >= 0.6 is 0 Å². The third-order valence-electron chi connectivity index (χ3n) is 3.52. The highest BCUT2D eigenvalue weighted by molar-refractivity contribution is 5.76. The number of nitrogens with one attached hydrogen (secondary N) is 1. The molecule has 0 aromatic rings. The molecule has 1 heterocycles. The second-order valence-electron chi connectivity index (χ2n) is 5.08. The predicted octanol–water partition coefficient (Wildman–Crippen LogP) is 2.73. The standard InChI is InChI=1S/C15H28N2O/c1-2-3-4-5-6-7-8-9-10-15(18)17-13-11-16-12-14-17/h2,16H,1,3-14H2. The summed E-state index contributed by atoms with van der Waals surface area (Å²) in [7, 11) is 0. The van der Waals surface area contributed by atoms with E-state index in [1.54, 1.807) is 0 Å². The Labute approximate surface area is 112 Å². The number of hydrogen-bond acceptors (Lipinski definition) is 2. The normalized spacial score (nSPS) is 15.7. The van der Waals surface area contributed by atoms with E-state index in [1.807, 2.05) is 11.0 Å². The summed E-state index contributed by atoms with van der Waals surface area (Å²) in [6.07, 6.45) is 11.3. The van der Waals surface area contributed by atoms with Crippen molar-refractivity contribution in [2.75, 3.05) is 26.2 Å². The first-order chi connectivity index (χ1) is 8.84. The zero-order valence-corrected chi connectivity index (χ0v) is 11.6. The Bertz CT molecular complexity index is 235. The highest BCUT2D eigenvalue weighted by Gasteiger charge is 2.14. The van der Waals surface area contributed by atoms with Gasteiger partial charge in [-0.1, -0.05) is 31.8 Å². The lowest BCUT2D eigenvalue weighted by atomic mass is 10.1. The molecule has 0 aliphatic carbocycles. The Morgan fingerprint density at radius 3 is 2.33 bits per heavy atom. The second-order valence-corrected chi connectivity index (χ2v) is 5.08. The molecule has 3 heteroatoms. The molecule has 1 aliphatic rings. The van der Waals surface area contributed by atoms with E-state index in [0.29, 0.717) is 5.91 Å². The van der Waals surface area contributed by atoms with Gasteiger partial charge in [0.05, 0.1) is 0 Å². The van der Waals surface area contributed by atoms with Gasteiger partial charge in [0.1, 0.15) is 0 Å². The number of allylic oxidation sites excluding steroid dienone is 1. The van der Waals surface area contributed by atoms with E-state index in [-0.39, 0.29) is 0 Å². The van der Waals surface area contributed by atoms with Gasteiger partial charge in [0.25, 0.3) is 0 Å². The lowest BCUT2D eigenvalue weighted by Gasteiger charge is -2.27. The minimum Gasteiger partial charge on any atom is -0.340 e. The van der Waals surface area contributed by atoms with Gasteiger partial charge < -0.3 is 10.2 Å². The third kappa shape index (κ3) is 6.80. The van der Waals surface area contributed by atoms with Crippen molar-refractivity contribution in [3.63, 3.8) is 0 Å². The number of unbranched alkanes of at least 4 members (excludes halogenated alkanes) is 6. The monoisotopic (exact) mass is 252 g/mol. The highest BCUT2D eigenvalue weighted by Crippen LogP contribution is 2.10. The molecular weight excluding hydrogens is 224 g/mol. The Kier molecular flexibility index (Phi) is 8.57. The van der Waals surface area contributed by atoms with Gasteiger partial charge in [0.2, 0.25) is 5.91 Å². The van der Waals surface area contributed by atoms with Crippen molar-refractivity contribution in [3.8, 4) is 0 Å². The van der Waals surface area contributed by atoms with E-state index < -0.39 is 0 Å². The van der Waals surface area contributed by atoms with E-state index >= 15 is 0 Å². The summed E-state index contributed by atoms with van der Waals surface area (Å²) in [5.74, 6) is 0.350. The van der Waals surface area contributed by atoms with Crippen molar-refractivity contribution < 1.29 is 4.79 Å². The first kappa shape index (κ1) is 15.2. The number of nitrogens with zero attached hydrogens (tertiary/aromatic N) is 1. The SMILES string of the molecule is C=CCCCCCCCCC(=O)N1CCNCC1. The molecule has 0 unspecified atom stereocenters. The quantitative estimate of drug-likeness (QED) is 0.505. The fourth-order valence-corrected chi connectivity index (χ4v) is 2.34. The molecule has 18 heavy (non-hydrogen) atoms. The molecule has 1 rings (SSSR count). The zero-order chi connectivity index (χ0) is 13.1. The first-order valence-corrected chi connectivity index (χ1v) is 7.44. The van der Waals surface area contributed by atoms with Gasteiger partial charge in [0.15, 0.2) is 0 Å². The van der Waals surface area contributed by atoms with Gasteiger partial charge in [-0.3, -0.25) is 4.79 Å². The average molecular weight is 252 g/mol. The maximum atomic E-state index is 11.9. The molecule has 3 nitrogen and oxygen atoms in total. The molecule has 1 aliphatic heterocycles. The lowest BCUT2D eigenvalue weighted by molar-refractivity contribution is -0.131. The summed E-state index contributed by atoms with van der Waals surface area (Å²) in [6.45, 7) is 7.41. The van der Waals surface area contributed by atoms with E-state index in [0.717, 1.165) is 45.4 Å². The first-order valence-electron chi connectivity index (χ1n) is 7.44. The summed E-state index contributed by atoms with van der Waals surface area (Å²) in [6, 6.07) is 0. The van der Waals surface area contributed by atoms with Crippen LogP contribution in [-0.2, 0) is 4.79 Å². The van der Waals surface area contributed by atoms with Crippen molar-refractivity contribution in [3.05, 3.63) is 12.7 Å². The number of piperazine rings is 1. The summed E-state index contributed by atoms with van der Waals surface area (Å²) in [4.78, 5) is 13.9. The van der Waals surface area contributed by atoms with Gasteiger partial charge in [-0.05, 0) is 19.3 Å². The average Bonchev–Trinajstić information content (AvgIpc) is 2.42. The van der Waals surface area contributed by atoms with Gasteiger partial charge in [-0.2, -0.15) is 0 Å². The lowest BCUT2D eigenvalue weighted by Crippen LogP contribution is -2.46. The van der Waals surface area contributed by atoms with Gasteiger partial charge in [0, 0.05) is 32.6 Å². The van der Waals surface area contributed by atoms with Crippen LogP contribution in [0.5, 0.6) is 0 Å². The van der Waals surface area contributed by atoms with Crippen LogP contribution in [-0.4, -0.2) is 37.0 Å². The minimum atomic E-state index is 0.350. The third-order valence-corrected chi connectivity index (χ3v) is 3.52. The molecule has 1 N–H and O–H groups in total. The Balaban J connectivity index is 1.90. The largest absolute Gasteiger partial charge is 0.340 e. The van der Waals surface area contributed by atoms with Crippen LogP contribution in [0.2, 0.25) is 0 Å². The molecule has 0 spiro atoms. The molecule has 1 saturated heterocycles. The Morgan fingerprint density at radius 1 is 1.06 bits per heavy atom. The summed E-state index contributed by atoms with van der Waals surface area (Å²) < 4.78 is 0. The molecule has 0 radical (unpaired) electrons. The molecular formula is C15H28N2O. The van der Waals surface area contributed by atoms with Gasteiger partial charge >= 0.3 is 0 Å². The summed E-state index contributed by atoms with van der Waals surface area (Å²) in [5, 5.41) is 3.27. The number of carbonyl (C=O) groups excluding carboxylic acids is 1. The summed E-state index contributed by atoms with van der Waals surface area (Å²) >= 11 is 0. The Hall–Kier alpha value is -0.830. The van der Waals surface area contributed by atoms with Crippen molar-refractivity contribution in [1.29, 1.82) is 0 Å². The molecule has 104 valence electrons. The van der Waals surface area contributed by atoms with Crippen LogP contribution in [0.4, 0.5) is 0 Å². The van der Waals surface area contributed by atoms with Crippen LogP contribution in [0.15, 0.2) is 12.7 Å². The van der Waals surface area contributed by atoms with Crippen LogP contribution in [0.25, 0.3) is 0 Å². The van der Waals surface area contributed by atoms with Gasteiger partial charge in [-0.25, -0.2) is 0 Å². The second kappa shape index (κ2) is 10.1. The molecule has 1 amide bonds. The van der Waals surface area contributed by atoms with Crippen molar-refractivity contribution in [2.24, 2.45) is 0 Å². The minimum absolute atomic E-state index is 0.350. The maximum Gasteiger partial charge on any atom is 0.222 e. The summed E-state index contributed by atoms with van der Waals surface area (Å²) in [5.41, 5.74) is 0. The zero-order valence-electron chi connectivity index (χ0n) is 11.6. The molecule has 1 fully saturated rings. The number of amides is 1. The van der Waals surface area contributed by atoms with E-state index in [9.17, 15) is 4.79 Å². The number of hydrogen-bond donors (Lipinski definition) is 1. The van der Waals surface area contributed by atoms with Crippen LogP contribution in [0.3, 0.4) is 0 Å². The Morgan fingerprint density at radius 2 is 1.67 bits per heavy atom. The predicted molar refractivity (Wildman–Crippen MR) is 76.6 cm³/mol. The number of rotatable bonds is 9. The fourth-order valence-electron chi connectivity index (χ4n) is 2.34. The van der Waals surface area contributed by atoms with E-state index in [4.69, 9.17) is 0 Å². The van der Waals surface area contributed by atoms with Crippen molar-refractivity contribution >= 4 is 5.91 Å². The van der Waals surface area contributed by atoms with Crippen molar-refractivity contribution in [1.82, 2.24) is 10.2 Å². The molecule has 0 atom stereocenters. The highest BCUT2D eigenvalue weighted by atomic mass is 16.2. The van der Waals surface area contributed by atoms with Crippen LogP contribution in [0.1, 0.15) is 51.4 Å². The van der Waals surface area contributed by atoms with E-state index in [2.05, 4.69) is 11.9 Å². The van der Waals surface area contributed by atoms with Crippen LogP contribution < -0.4 is 5.32 Å². The molecule has 0 aromatic carbocycles. The molecule has 0 saturated carbocycles. The van der Waals surface area contributed by atoms with E-state index in [1.165, 1.54) is 32.1 Å². The van der Waals surface area contributed by atoms with Crippen molar-refractivity contribution in [2.45, 2.75) is 51.4 Å². The molecule has 0 aromatic heterocycles. The van der Waals surface area contributed by atoms with Gasteiger partial charge in [-0.15, -0.1) is 6.58 Å².